The summed E-state index contributed by atoms with van der Waals surface area (Å²) in [5, 5.41) is 5.86. The summed E-state index contributed by atoms with van der Waals surface area (Å²) in [6, 6.07) is 2.22. The average Bonchev–Trinajstić information content (AvgIpc) is 2.88. The van der Waals surface area contributed by atoms with Gasteiger partial charge in [-0.2, -0.15) is 0 Å². The van der Waals surface area contributed by atoms with E-state index in [0.717, 1.165) is 12.5 Å². The molecule has 0 atom stereocenters. The molecule has 0 spiro atoms. The Kier molecular flexibility index (Phi) is 5.28. The largest absolute Gasteiger partial charge is 0.311 e. The Bertz CT molecular complexity index is 366. The minimum Gasteiger partial charge on any atom is -0.311 e. The topological polar surface area (TPSA) is 12.0 Å². The number of halogens is 1. The maximum atomic E-state index is 3.69. The Morgan fingerprint density at radius 1 is 1.39 bits per heavy atom. The van der Waals surface area contributed by atoms with Crippen LogP contribution in [-0.2, 0) is 6.54 Å². The molecule has 0 saturated heterocycles. The third kappa shape index (κ3) is 4.07. The van der Waals surface area contributed by atoms with Crippen LogP contribution in [0.15, 0.2) is 15.9 Å². The van der Waals surface area contributed by atoms with Gasteiger partial charge in [-0.15, -0.1) is 11.3 Å². The number of thiophene rings is 1. The van der Waals surface area contributed by atoms with E-state index in [1.165, 1.54) is 48.0 Å². The first-order valence-corrected chi connectivity index (χ1v) is 8.71. The van der Waals surface area contributed by atoms with Crippen LogP contribution >= 0.6 is 27.3 Å². The predicted molar refractivity (Wildman–Crippen MR) is 84.1 cm³/mol. The van der Waals surface area contributed by atoms with Crippen molar-refractivity contribution < 1.29 is 0 Å². The molecule has 1 nitrogen and oxygen atoms in total. The summed E-state index contributed by atoms with van der Waals surface area (Å²) in [6.07, 6.45) is 7.09. The Labute approximate surface area is 123 Å². The second-order valence-electron chi connectivity index (χ2n) is 6.14. The molecule has 1 aliphatic rings. The van der Waals surface area contributed by atoms with Crippen LogP contribution in [0.25, 0.3) is 0 Å². The fraction of sp³-hybridized carbons (Fsp3) is 0.733. The fourth-order valence-corrected chi connectivity index (χ4v) is 4.76. The van der Waals surface area contributed by atoms with Crippen molar-refractivity contribution in [2.75, 3.05) is 6.54 Å². The molecule has 1 N–H and O–H groups in total. The Morgan fingerprint density at radius 2 is 2.11 bits per heavy atom. The quantitative estimate of drug-likeness (QED) is 0.755. The van der Waals surface area contributed by atoms with Gasteiger partial charge >= 0.3 is 0 Å². The lowest BCUT2D eigenvalue weighted by Crippen LogP contribution is -2.32. The van der Waals surface area contributed by atoms with Crippen LogP contribution in [0.1, 0.15) is 50.8 Å². The van der Waals surface area contributed by atoms with Crippen LogP contribution in [0.3, 0.4) is 0 Å². The van der Waals surface area contributed by atoms with Crippen molar-refractivity contribution in [1.82, 2.24) is 5.32 Å². The first-order chi connectivity index (χ1) is 8.60. The molecule has 18 heavy (non-hydrogen) atoms. The Morgan fingerprint density at radius 3 is 2.67 bits per heavy atom. The van der Waals surface area contributed by atoms with Gasteiger partial charge in [0, 0.05) is 27.8 Å². The SMILES string of the molecule is CC(C)CC1(CNCc2cc(Br)cs2)CCCC1. The van der Waals surface area contributed by atoms with Gasteiger partial charge in [0.25, 0.3) is 0 Å². The van der Waals surface area contributed by atoms with Gasteiger partial charge in [0.2, 0.25) is 0 Å². The van der Waals surface area contributed by atoms with Gasteiger partial charge in [-0.1, -0.05) is 26.7 Å². The van der Waals surface area contributed by atoms with Crippen LogP contribution in [0.5, 0.6) is 0 Å². The molecule has 1 saturated carbocycles. The molecule has 0 aromatic carbocycles. The lowest BCUT2D eigenvalue weighted by atomic mass is 9.78. The van der Waals surface area contributed by atoms with Crippen LogP contribution < -0.4 is 5.32 Å². The zero-order chi connectivity index (χ0) is 13.0. The molecule has 1 aromatic rings. The number of nitrogens with one attached hydrogen (secondary N) is 1. The molecule has 1 aliphatic carbocycles. The van der Waals surface area contributed by atoms with Crippen molar-refractivity contribution in [3.8, 4) is 0 Å². The van der Waals surface area contributed by atoms with E-state index in [0.29, 0.717) is 5.41 Å². The summed E-state index contributed by atoms with van der Waals surface area (Å²) in [5.74, 6) is 0.820. The van der Waals surface area contributed by atoms with E-state index in [1.807, 2.05) is 11.3 Å². The van der Waals surface area contributed by atoms with Crippen LogP contribution in [0.4, 0.5) is 0 Å². The second-order valence-corrected chi connectivity index (χ2v) is 8.05. The van der Waals surface area contributed by atoms with E-state index >= 15 is 0 Å². The molecule has 3 heteroatoms. The van der Waals surface area contributed by atoms with Crippen molar-refractivity contribution >= 4 is 27.3 Å². The third-order valence-corrected chi connectivity index (χ3v) is 5.62. The summed E-state index contributed by atoms with van der Waals surface area (Å²) in [4.78, 5) is 1.43. The summed E-state index contributed by atoms with van der Waals surface area (Å²) in [6.45, 7) is 6.93. The standard InChI is InChI=1S/C15H24BrNS/c1-12(2)8-15(5-3-4-6-15)11-17-9-14-7-13(16)10-18-14/h7,10,12,17H,3-6,8-9,11H2,1-2H3. The highest BCUT2D eigenvalue weighted by atomic mass is 79.9. The molecule has 0 radical (unpaired) electrons. The van der Waals surface area contributed by atoms with Crippen molar-refractivity contribution in [2.45, 2.75) is 52.5 Å². The normalized spacial score (nSPS) is 18.7. The van der Waals surface area contributed by atoms with Crippen LogP contribution in [0.2, 0.25) is 0 Å². The second kappa shape index (κ2) is 6.53. The van der Waals surface area contributed by atoms with Gasteiger partial charge in [-0.25, -0.2) is 0 Å². The van der Waals surface area contributed by atoms with E-state index < -0.39 is 0 Å². The van der Waals surface area contributed by atoms with Gasteiger partial charge in [-0.05, 0) is 52.6 Å². The van der Waals surface area contributed by atoms with Crippen molar-refractivity contribution in [2.24, 2.45) is 11.3 Å². The van der Waals surface area contributed by atoms with Gasteiger partial charge in [0.15, 0.2) is 0 Å². The maximum absolute atomic E-state index is 3.69. The molecule has 2 rings (SSSR count). The highest BCUT2D eigenvalue weighted by molar-refractivity contribution is 9.10. The van der Waals surface area contributed by atoms with Crippen LogP contribution in [0, 0.1) is 11.3 Å². The summed E-state index contributed by atoms with van der Waals surface area (Å²) < 4.78 is 1.21. The number of hydrogen-bond donors (Lipinski definition) is 1. The highest BCUT2D eigenvalue weighted by Gasteiger charge is 2.33. The zero-order valence-corrected chi connectivity index (χ0v) is 13.9. The molecule has 0 amide bonds. The molecule has 0 unspecified atom stereocenters. The highest BCUT2D eigenvalue weighted by Crippen LogP contribution is 2.42. The fourth-order valence-electron chi connectivity index (χ4n) is 3.34. The summed E-state index contributed by atoms with van der Waals surface area (Å²) in [7, 11) is 0. The molecular weight excluding hydrogens is 306 g/mol. The molecule has 1 aromatic heterocycles. The molecule has 1 heterocycles. The van der Waals surface area contributed by atoms with Crippen molar-refractivity contribution in [3.63, 3.8) is 0 Å². The number of hydrogen-bond acceptors (Lipinski definition) is 2. The Hall–Kier alpha value is 0.140. The van der Waals surface area contributed by atoms with Gasteiger partial charge in [0.05, 0.1) is 0 Å². The maximum Gasteiger partial charge on any atom is 0.0300 e. The van der Waals surface area contributed by atoms with E-state index in [2.05, 4.69) is 46.5 Å². The van der Waals surface area contributed by atoms with Gasteiger partial charge < -0.3 is 5.32 Å². The van der Waals surface area contributed by atoms with Gasteiger partial charge in [0.1, 0.15) is 0 Å². The van der Waals surface area contributed by atoms with Crippen molar-refractivity contribution in [1.29, 1.82) is 0 Å². The van der Waals surface area contributed by atoms with E-state index in [-0.39, 0.29) is 0 Å². The smallest absolute Gasteiger partial charge is 0.0300 e. The monoisotopic (exact) mass is 329 g/mol. The molecule has 0 aliphatic heterocycles. The predicted octanol–water partition coefficient (Wildman–Crippen LogP) is 5.21. The average molecular weight is 330 g/mol. The number of rotatable bonds is 6. The van der Waals surface area contributed by atoms with E-state index in [1.54, 1.807) is 0 Å². The third-order valence-electron chi connectivity index (χ3n) is 3.93. The lowest BCUT2D eigenvalue weighted by molar-refractivity contribution is 0.224. The van der Waals surface area contributed by atoms with Crippen LogP contribution in [-0.4, -0.2) is 6.54 Å². The first kappa shape index (κ1) is 14.5. The van der Waals surface area contributed by atoms with Crippen molar-refractivity contribution in [3.05, 3.63) is 20.8 Å². The summed E-state index contributed by atoms with van der Waals surface area (Å²) in [5.41, 5.74) is 0.586. The van der Waals surface area contributed by atoms with E-state index in [4.69, 9.17) is 0 Å². The Balaban J connectivity index is 1.82. The molecule has 0 bridgehead atoms. The lowest BCUT2D eigenvalue weighted by Gasteiger charge is -2.31. The molecule has 1 fully saturated rings. The minimum atomic E-state index is 0.586. The summed E-state index contributed by atoms with van der Waals surface area (Å²) >= 11 is 5.35. The van der Waals surface area contributed by atoms with Gasteiger partial charge in [-0.3, -0.25) is 0 Å². The minimum absolute atomic E-state index is 0.586. The first-order valence-electron chi connectivity index (χ1n) is 7.03. The molecule has 102 valence electrons. The molecular formula is C15H24BrNS. The van der Waals surface area contributed by atoms with E-state index in [9.17, 15) is 0 Å². The zero-order valence-electron chi connectivity index (χ0n) is 11.5.